The van der Waals surface area contributed by atoms with Crippen LogP contribution in [0.1, 0.15) is 60.3 Å². The predicted molar refractivity (Wildman–Crippen MR) is 142 cm³/mol. The highest BCUT2D eigenvalue weighted by molar-refractivity contribution is 6.16. The van der Waals surface area contributed by atoms with Gasteiger partial charge in [-0.05, 0) is 75.1 Å². The largest absolute Gasteiger partial charge is 0.493 e. The Kier molecular flexibility index (Phi) is 5.58. The van der Waals surface area contributed by atoms with Gasteiger partial charge in [0.2, 0.25) is 0 Å². The summed E-state index contributed by atoms with van der Waals surface area (Å²) >= 11 is 0. The summed E-state index contributed by atoms with van der Waals surface area (Å²) in [5.41, 5.74) is 13.5. The van der Waals surface area contributed by atoms with Crippen molar-refractivity contribution in [2.75, 3.05) is 20.0 Å². The molecule has 186 valence electrons. The van der Waals surface area contributed by atoms with E-state index >= 15 is 0 Å². The van der Waals surface area contributed by atoms with Crippen molar-refractivity contribution in [1.29, 1.82) is 0 Å². The van der Waals surface area contributed by atoms with E-state index < -0.39 is 5.97 Å². The highest BCUT2D eigenvalue weighted by atomic mass is 16.5. The number of carbonyl (C=O) groups is 1. The van der Waals surface area contributed by atoms with Crippen LogP contribution in [-0.2, 0) is 17.6 Å². The van der Waals surface area contributed by atoms with Gasteiger partial charge in [-0.25, -0.2) is 4.79 Å². The van der Waals surface area contributed by atoms with Gasteiger partial charge in [-0.1, -0.05) is 24.3 Å². The average molecular weight is 485 g/mol. The summed E-state index contributed by atoms with van der Waals surface area (Å²) < 4.78 is 17.0. The molecule has 0 aromatic heterocycles. The zero-order valence-corrected chi connectivity index (χ0v) is 21.7. The molecular formula is C30H32N2O4. The van der Waals surface area contributed by atoms with Gasteiger partial charge in [-0.15, -0.1) is 0 Å². The highest BCUT2D eigenvalue weighted by Crippen LogP contribution is 2.48. The third kappa shape index (κ3) is 4.11. The van der Waals surface area contributed by atoms with Gasteiger partial charge >= 0.3 is 5.97 Å². The van der Waals surface area contributed by atoms with Crippen molar-refractivity contribution in [3.05, 3.63) is 76.3 Å². The van der Waals surface area contributed by atoms with E-state index in [1.807, 2.05) is 18.2 Å². The first kappa shape index (κ1) is 23.9. The normalized spacial score (nSPS) is 16.9. The summed E-state index contributed by atoms with van der Waals surface area (Å²) in [6, 6.07) is 15.8. The van der Waals surface area contributed by atoms with Gasteiger partial charge in [-0.2, -0.15) is 0 Å². The Morgan fingerprint density at radius 1 is 0.972 bits per heavy atom. The predicted octanol–water partition coefficient (Wildman–Crippen LogP) is 5.62. The maximum absolute atomic E-state index is 12.2. The number of hydrogen-bond donors (Lipinski definition) is 1. The standard InChI is InChI=1S/C30H32N2O4/c1-29(2)15-20-14-24(34-5)27-22(16-30(3,4)36-27)25(20)26(32-29)19-9-7-8-17(12-19)18-10-11-23(31)21(13-18)28(33)35-6/h7-14H,15-16,31H2,1-6H3. The van der Waals surface area contributed by atoms with Crippen LogP contribution in [0.2, 0.25) is 0 Å². The fourth-order valence-corrected chi connectivity index (χ4v) is 5.30. The molecule has 3 aromatic carbocycles. The first-order valence-electron chi connectivity index (χ1n) is 12.1. The minimum Gasteiger partial charge on any atom is -0.493 e. The van der Waals surface area contributed by atoms with Crippen LogP contribution < -0.4 is 15.2 Å². The van der Waals surface area contributed by atoms with Crippen molar-refractivity contribution in [3.8, 4) is 22.6 Å². The number of rotatable bonds is 4. The number of hydrogen-bond acceptors (Lipinski definition) is 6. The van der Waals surface area contributed by atoms with E-state index in [-0.39, 0.29) is 11.1 Å². The van der Waals surface area contributed by atoms with E-state index in [9.17, 15) is 4.79 Å². The minimum atomic E-state index is -0.454. The summed E-state index contributed by atoms with van der Waals surface area (Å²) in [6.07, 6.45) is 1.59. The van der Waals surface area contributed by atoms with Gasteiger partial charge in [-0.3, -0.25) is 4.99 Å². The molecule has 3 aromatic rings. The van der Waals surface area contributed by atoms with Gasteiger partial charge in [0.25, 0.3) is 0 Å². The van der Waals surface area contributed by atoms with Crippen molar-refractivity contribution < 1.29 is 19.0 Å². The maximum atomic E-state index is 12.2. The number of benzene rings is 3. The fourth-order valence-electron chi connectivity index (χ4n) is 5.30. The van der Waals surface area contributed by atoms with Crippen molar-refractivity contribution in [2.24, 2.45) is 4.99 Å². The number of methoxy groups -OCH3 is 2. The Morgan fingerprint density at radius 2 is 1.69 bits per heavy atom. The summed E-state index contributed by atoms with van der Waals surface area (Å²) in [6.45, 7) is 8.51. The lowest BCUT2D eigenvalue weighted by Crippen LogP contribution is -2.30. The van der Waals surface area contributed by atoms with Gasteiger partial charge in [0.1, 0.15) is 5.60 Å². The van der Waals surface area contributed by atoms with Crippen molar-refractivity contribution in [2.45, 2.75) is 51.7 Å². The number of anilines is 1. The smallest absolute Gasteiger partial charge is 0.339 e. The van der Waals surface area contributed by atoms with E-state index in [1.54, 1.807) is 19.2 Å². The summed E-state index contributed by atoms with van der Waals surface area (Å²) in [5, 5.41) is 0. The van der Waals surface area contributed by atoms with Crippen LogP contribution in [0.25, 0.3) is 11.1 Å². The van der Waals surface area contributed by atoms with Crippen LogP contribution in [0, 0.1) is 0 Å². The van der Waals surface area contributed by atoms with Gasteiger partial charge in [0.15, 0.2) is 11.5 Å². The number of ether oxygens (including phenoxy) is 3. The molecule has 0 fully saturated rings. The molecule has 0 unspecified atom stereocenters. The van der Waals surface area contributed by atoms with Crippen LogP contribution in [-0.4, -0.2) is 37.0 Å². The van der Waals surface area contributed by atoms with Crippen LogP contribution in [0.15, 0.2) is 53.5 Å². The summed E-state index contributed by atoms with van der Waals surface area (Å²) in [7, 11) is 3.05. The van der Waals surface area contributed by atoms with Crippen molar-refractivity contribution in [3.63, 3.8) is 0 Å². The summed E-state index contributed by atoms with van der Waals surface area (Å²) in [5.74, 6) is 1.13. The lowest BCUT2D eigenvalue weighted by atomic mass is 9.80. The van der Waals surface area contributed by atoms with Gasteiger partial charge < -0.3 is 19.9 Å². The van der Waals surface area contributed by atoms with E-state index in [0.29, 0.717) is 11.3 Å². The number of aliphatic imine (C=N–C) groups is 1. The lowest BCUT2D eigenvalue weighted by Gasteiger charge is -2.31. The lowest BCUT2D eigenvalue weighted by molar-refractivity contribution is 0.0602. The molecule has 2 aliphatic heterocycles. The molecule has 6 heteroatoms. The van der Waals surface area contributed by atoms with Crippen molar-refractivity contribution >= 4 is 17.4 Å². The van der Waals surface area contributed by atoms with Crippen LogP contribution in [0.3, 0.4) is 0 Å². The SMILES string of the molecule is COC(=O)c1cc(-c2cccc(C3=NC(C)(C)Cc4cc(OC)c5c(c43)CC(C)(C)O5)c2)ccc1N. The Labute approximate surface area is 212 Å². The monoisotopic (exact) mass is 484 g/mol. The second-order valence-corrected chi connectivity index (χ2v) is 10.8. The molecule has 2 aliphatic rings. The Balaban J connectivity index is 1.67. The molecule has 2 N–H and O–H groups in total. The van der Waals surface area contributed by atoms with Gasteiger partial charge in [0.05, 0.1) is 31.0 Å². The number of nitrogen functional groups attached to an aromatic ring is 1. The molecule has 0 amide bonds. The summed E-state index contributed by atoms with van der Waals surface area (Å²) in [4.78, 5) is 17.5. The molecule has 0 spiro atoms. The molecule has 0 bridgehead atoms. The highest BCUT2D eigenvalue weighted by Gasteiger charge is 2.39. The Morgan fingerprint density at radius 3 is 2.42 bits per heavy atom. The molecule has 2 heterocycles. The second-order valence-electron chi connectivity index (χ2n) is 10.8. The molecule has 0 aliphatic carbocycles. The van der Waals surface area contributed by atoms with Crippen LogP contribution >= 0.6 is 0 Å². The molecular weight excluding hydrogens is 452 g/mol. The molecule has 36 heavy (non-hydrogen) atoms. The maximum Gasteiger partial charge on any atom is 0.339 e. The number of nitrogens with zero attached hydrogens (tertiary/aromatic N) is 1. The number of esters is 1. The molecule has 0 radical (unpaired) electrons. The quantitative estimate of drug-likeness (QED) is 0.384. The number of carbonyl (C=O) groups excluding carboxylic acids is 1. The molecule has 0 saturated carbocycles. The van der Waals surface area contributed by atoms with Gasteiger partial charge in [0, 0.05) is 28.8 Å². The number of nitrogens with two attached hydrogens (primary N) is 1. The average Bonchev–Trinajstić information content (AvgIpc) is 3.17. The molecule has 0 atom stereocenters. The molecule has 5 rings (SSSR count). The zero-order chi connectivity index (χ0) is 25.8. The zero-order valence-electron chi connectivity index (χ0n) is 21.7. The topological polar surface area (TPSA) is 83.1 Å². The fraction of sp³-hybridized carbons (Fsp3) is 0.333. The van der Waals surface area contributed by atoms with Crippen molar-refractivity contribution in [1.82, 2.24) is 0 Å². The van der Waals surface area contributed by atoms with E-state index in [4.69, 9.17) is 24.9 Å². The van der Waals surface area contributed by atoms with E-state index in [2.05, 4.69) is 45.9 Å². The minimum absolute atomic E-state index is 0.272. The Bertz CT molecular complexity index is 1420. The van der Waals surface area contributed by atoms with E-state index in [1.165, 1.54) is 12.7 Å². The van der Waals surface area contributed by atoms with E-state index in [0.717, 1.165) is 57.9 Å². The Hall–Kier alpha value is -3.80. The third-order valence-electron chi connectivity index (χ3n) is 6.83. The molecule has 6 nitrogen and oxygen atoms in total. The van der Waals surface area contributed by atoms with Crippen LogP contribution in [0.5, 0.6) is 11.5 Å². The first-order chi connectivity index (χ1) is 17.0. The van der Waals surface area contributed by atoms with Crippen LogP contribution in [0.4, 0.5) is 5.69 Å². The second kappa shape index (κ2) is 8.40. The first-order valence-corrected chi connectivity index (χ1v) is 12.1. The molecule has 0 saturated heterocycles. The number of fused-ring (bicyclic) bond motifs is 3. The third-order valence-corrected chi connectivity index (χ3v) is 6.83.